The fraction of sp³-hybridized carbons (Fsp3) is 0.300. The third-order valence-electron chi connectivity index (χ3n) is 6.91. The van der Waals surface area contributed by atoms with Crippen LogP contribution in [-0.2, 0) is 16.1 Å². The molecule has 1 aliphatic heterocycles. The highest BCUT2D eigenvalue weighted by Crippen LogP contribution is 2.36. The van der Waals surface area contributed by atoms with Gasteiger partial charge in [-0.15, -0.1) is 0 Å². The number of benzene rings is 3. The number of ether oxygens (including phenoxy) is 1. The summed E-state index contributed by atoms with van der Waals surface area (Å²) in [6.45, 7) is 5.29. The predicted molar refractivity (Wildman–Crippen MR) is 141 cm³/mol. The van der Waals surface area contributed by atoms with Gasteiger partial charge in [-0.3, -0.25) is 9.69 Å². The highest BCUT2D eigenvalue weighted by Gasteiger charge is 2.25. The van der Waals surface area contributed by atoms with E-state index >= 15 is 4.39 Å². The Labute approximate surface area is 211 Å². The average Bonchev–Trinajstić information content (AvgIpc) is 3.27. The van der Waals surface area contributed by atoms with Crippen LogP contribution in [0.25, 0.3) is 10.9 Å². The molecule has 1 atom stereocenters. The number of rotatable bonds is 9. The number of amides is 1. The van der Waals surface area contributed by atoms with E-state index in [1.54, 1.807) is 12.1 Å². The van der Waals surface area contributed by atoms with E-state index in [0.29, 0.717) is 18.7 Å². The molecule has 2 heterocycles. The quantitative estimate of drug-likeness (QED) is 0.371. The van der Waals surface area contributed by atoms with E-state index < -0.39 is 5.92 Å². The molecule has 6 heteroatoms. The molecule has 186 valence electrons. The van der Waals surface area contributed by atoms with Gasteiger partial charge in [-0.05, 0) is 28.8 Å². The number of nitrogens with zero attached hydrogens (tertiary/aromatic N) is 2. The number of hydrogen-bond acceptors (Lipinski definition) is 3. The highest BCUT2D eigenvalue weighted by atomic mass is 19.1. The Hall–Kier alpha value is -3.48. The molecule has 4 aromatic rings. The lowest BCUT2D eigenvalue weighted by Gasteiger charge is -2.26. The molecule has 0 radical (unpaired) electrons. The molecular formula is C30H32FN3O2. The molecular weight excluding hydrogens is 453 g/mol. The number of aromatic nitrogens is 1. The molecule has 0 aliphatic carbocycles. The number of fused-ring (bicyclic) bond motifs is 1. The molecule has 5 rings (SSSR count). The van der Waals surface area contributed by atoms with E-state index in [2.05, 4.69) is 45.2 Å². The number of carbonyl (C=O) groups is 1. The zero-order chi connectivity index (χ0) is 24.7. The SMILES string of the molecule is O=C(CC(c1ccccc1F)c1cn(Cc2ccccc2)c2ccccc12)NCCN1CCOCC1. The number of para-hydroxylation sites is 1. The Morgan fingerprint density at radius 1 is 0.917 bits per heavy atom. The van der Waals surface area contributed by atoms with Gasteiger partial charge in [0.05, 0.1) is 13.2 Å². The van der Waals surface area contributed by atoms with Crippen LogP contribution in [0.5, 0.6) is 0 Å². The fourth-order valence-corrected chi connectivity index (χ4v) is 5.04. The van der Waals surface area contributed by atoms with Crippen LogP contribution in [0.4, 0.5) is 4.39 Å². The van der Waals surface area contributed by atoms with E-state index in [4.69, 9.17) is 4.74 Å². The van der Waals surface area contributed by atoms with Gasteiger partial charge in [0, 0.05) is 62.2 Å². The summed E-state index contributed by atoms with van der Waals surface area (Å²) in [6.07, 6.45) is 2.28. The number of hydrogen-bond donors (Lipinski definition) is 1. The minimum atomic E-state index is -0.392. The lowest BCUT2D eigenvalue weighted by molar-refractivity contribution is -0.121. The summed E-state index contributed by atoms with van der Waals surface area (Å²) < 4.78 is 22.7. The molecule has 1 unspecified atom stereocenters. The second-order valence-electron chi connectivity index (χ2n) is 9.30. The van der Waals surface area contributed by atoms with Crippen molar-refractivity contribution in [2.75, 3.05) is 39.4 Å². The van der Waals surface area contributed by atoms with Gasteiger partial charge in [0.15, 0.2) is 0 Å². The molecule has 1 aromatic heterocycles. The van der Waals surface area contributed by atoms with Crippen molar-refractivity contribution < 1.29 is 13.9 Å². The Bertz CT molecular complexity index is 1300. The summed E-state index contributed by atoms with van der Waals surface area (Å²) in [5.41, 5.74) is 3.77. The van der Waals surface area contributed by atoms with Gasteiger partial charge in [-0.1, -0.05) is 66.7 Å². The zero-order valence-electron chi connectivity index (χ0n) is 20.4. The maximum atomic E-state index is 15.1. The monoisotopic (exact) mass is 485 g/mol. The summed E-state index contributed by atoms with van der Waals surface area (Å²) in [6, 6.07) is 25.2. The van der Waals surface area contributed by atoms with Crippen LogP contribution in [0.1, 0.15) is 29.0 Å². The van der Waals surface area contributed by atoms with Crippen molar-refractivity contribution in [1.29, 1.82) is 0 Å². The first-order valence-electron chi connectivity index (χ1n) is 12.6. The Morgan fingerprint density at radius 2 is 1.64 bits per heavy atom. The van der Waals surface area contributed by atoms with Gasteiger partial charge in [0.1, 0.15) is 5.82 Å². The topological polar surface area (TPSA) is 46.5 Å². The molecule has 1 aliphatic rings. The summed E-state index contributed by atoms with van der Waals surface area (Å²) in [5.74, 6) is -0.753. The second-order valence-corrected chi connectivity index (χ2v) is 9.30. The van der Waals surface area contributed by atoms with Gasteiger partial charge in [0.25, 0.3) is 0 Å². The highest BCUT2D eigenvalue weighted by molar-refractivity contribution is 5.86. The maximum absolute atomic E-state index is 15.1. The predicted octanol–water partition coefficient (Wildman–Crippen LogP) is 4.80. The smallest absolute Gasteiger partial charge is 0.220 e. The van der Waals surface area contributed by atoms with Gasteiger partial charge in [-0.25, -0.2) is 4.39 Å². The molecule has 0 bridgehead atoms. The third-order valence-corrected chi connectivity index (χ3v) is 6.91. The van der Waals surface area contributed by atoms with Crippen molar-refractivity contribution >= 4 is 16.8 Å². The fourth-order valence-electron chi connectivity index (χ4n) is 5.04. The number of halogens is 1. The van der Waals surface area contributed by atoms with Gasteiger partial charge in [-0.2, -0.15) is 0 Å². The van der Waals surface area contributed by atoms with Crippen LogP contribution < -0.4 is 5.32 Å². The van der Waals surface area contributed by atoms with Crippen molar-refractivity contribution in [3.63, 3.8) is 0 Å². The third kappa shape index (κ3) is 5.66. The van der Waals surface area contributed by atoms with Crippen LogP contribution in [0.3, 0.4) is 0 Å². The Kier molecular flexibility index (Phi) is 7.74. The van der Waals surface area contributed by atoms with E-state index in [0.717, 1.165) is 49.3 Å². The van der Waals surface area contributed by atoms with E-state index in [-0.39, 0.29) is 18.1 Å². The Morgan fingerprint density at radius 3 is 2.44 bits per heavy atom. The average molecular weight is 486 g/mol. The molecule has 3 aromatic carbocycles. The zero-order valence-corrected chi connectivity index (χ0v) is 20.4. The summed E-state index contributed by atoms with van der Waals surface area (Å²) >= 11 is 0. The Balaban J connectivity index is 1.42. The van der Waals surface area contributed by atoms with Crippen molar-refractivity contribution in [3.8, 4) is 0 Å². The largest absolute Gasteiger partial charge is 0.379 e. The number of carbonyl (C=O) groups excluding carboxylic acids is 1. The standard InChI is InChI=1S/C30H32FN3O2/c31-28-12-6-4-10-24(28)26(20-30(35)32-14-15-33-16-18-36-19-17-33)27-22-34(21-23-8-2-1-3-9-23)29-13-7-5-11-25(27)29/h1-13,22,26H,14-21H2,(H,32,35). The first kappa shape index (κ1) is 24.2. The molecule has 0 saturated carbocycles. The van der Waals surface area contributed by atoms with E-state index in [9.17, 15) is 4.79 Å². The molecule has 1 N–H and O–H groups in total. The minimum absolute atomic E-state index is 0.0728. The molecule has 1 fully saturated rings. The van der Waals surface area contributed by atoms with Crippen molar-refractivity contribution in [2.24, 2.45) is 0 Å². The maximum Gasteiger partial charge on any atom is 0.220 e. The van der Waals surface area contributed by atoms with Crippen LogP contribution in [0, 0.1) is 5.82 Å². The lowest BCUT2D eigenvalue weighted by Crippen LogP contribution is -2.41. The minimum Gasteiger partial charge on any atom is -0.379 e. The molecule has 5 nitrogen and oxygen atoms in total. The van der Waals surface area contributed by atoms with Crippen molar-refractivity contribution in [3.05, 3.63) is 108 Å². The normalized spacial score (nSPS) is 15.1. The van der Waals surface area contributed by atoms with Crippen LogP contribution in [-0.4, -0.2) is 54.8 Å². The summed E-state index contributed by atoms with van der Waals surface area (Å²) in [7, 11) is 0. The van der Waals surface area contributed by atoms with Gasteiger partial charge in [0.2, 0.25) is 5.91 Å². The first-order chi connectivity index (χ1) is 17.7. The van der Waals surface area contributed by atoms with E-state index in [1.165, 1.54) is 11.6 Å². The number of morpholine rings is 1. The van der Waals surface area contributed by atoms with Crippen LogP contribution in [0.2, 0.25) is 0 Å². The van der Waals surface area contributed by atoms with Crippen molar-refractivity contribution in [1.82, 2.24) is 14.8 Å². The molecule has 1 saturated heterocycles. The molecule has 36 heavy (non-hydrogen) atoms. The molecule has 1 amide bonds. The van der Waals surface area contributed by atoms with Crippen molar-refractivity contribution in [2.45, 2.75) is 18.9 Å². The molecule has 0 spiro atoms. The lowest BCUT2D eigenvalue weighted by atomic mass is 9.87. The summed E-state index contributed by atoms with van der Waals surface area (Å²) in [5, 5.41) is 4.11. The summed E-state index contributed by atoms with van der Waals surface area (Å²) in [4.78, 5) is 15.4. The van der Waals surface area contributed by atoms with E-state index in [1.807, 2.05) is 36.4 Å². The van der Waals surface area contributed by atoms with Crippen LogP contribution >= 0.6 is 0 Å². The van der Waals surface area contributed by atoms with Gasteiger partial charge < -0.3 is 14.6 Å². The van der Waals surface area contributed by atoms with Gasteiger partial charge >= 0.3 is 0 Å². The first-order valence-corrected chi connectivity index (χ1v) is 12.6. The van der Waals surface area contributed by atoms with Crippen LogP contribution in [0.15, 0.2) is 85.1 Å². The second kappa shape index (κ2) is 11.5. The number of nitrogens with one attached hydrogen (secondary N) is 1.